The molecule has 10 heteroatoms. The second-order valence-electron chi connectivity index (χ2n) is 5.76. The Balaban J connectivity index is 1.71. The first kappa shape index (κ1) is 18.5. The van der Waals surface area contributed by atoms with Crippen molar-refractivity contribution in [1.82, 2.24) is 19.4 Å². The molecule has 2 heterocycles. The predicted octanol–water partition coefficient (Wildman–Crippen LogP) is 3.93. The zero-order valence-electron chi connectivity index (χ0n) is 13.9. The lowest BCUT2D eigenvalue weighted by atomic mass is 10.2. The molecule has 0 fully saturated rings. The van der Waals surface area contributed by atoms with Crippen molar-refractivity contribution in [2.24, 2.45) is 0 Å². The zero-order valence-corrected chi connectivity index (χ0v) is 16.2. The number of nitrogens with one attached hydrogen (secondary N) is 1. The Hall–Kier alpha value is -2.87. The minimum Gasteiger partial charge on any atom is -0.267 e. The molecule has 140 valence electrons. The van der Waals surface area contributed by atoms with Gasteiger partial charge in [-0.3, -0.25) is 15.0 Å². The minimum atomic E-state index is -0.577. The van der Waals surface area contributed by atoms with Crippen molar-refractivity contribution in [3.8, 4) is 5.69 Å². The molecule has 0 aliphatic heterocycles. The molecule has 0 aliphatic rings. The highest BCUT2D eigenvalue weighted by Gasteiger charge is 2.15. The van der Waals surface area contributed by atoms with Crippen LogP contribution < -0.4 is 11.0 Å². The maximum Gasteiger partial charge on any atom is 0.283 e. The summed E-state index contributed by atoms with van der Waals surface area (Å²) in [6.45, 7) is 0. The summed E-state index contributed by atoms with van der Waals surface area (Å²) in [5, 5.41) is 5.53. The molecule has 0 unspecified atom stereocenters. The van der Waals surface area contributed by atoms with Crippen LogP contribution in [0.3, 0.4) is 0 Å². The van der Waals surface area contributed by atoms with E-state index in [-0.39, 0.29) is 16.0 Å². The maximum atomic E-state index is 12.7. The van der Waals surface area contributed by atoms with E-state index in [9.17, 15) is 9.59 Å². The molecule has 2 aromatic carbocycles. The lowest BCUT2D eigenvalue weighted by Crippen LogP contribution is -2.33. The van der Waals surface area contributed by atoms with Crippen LogP contribution in [0.5, 0.6) is 0 Å². The van der Waals surface area contributed by atoms with Crippen molar-refractivity contribution in [2.45, 2.75) is 0 Å². The quantitative estimate of drug-likeness (QED) is 0.530. The number of carbonyl (C=O) groups is 1. The molecule has 0 spiro atoms. The molecule has 28 heavy (non-hydrogen) atoms. The van der Waals surface area contributed by atoms with Gasteiger partial charge < -0.3 is 0 Å². The average Bonchev–Trinajstić information content (AvgIpc) is 3.09. The van der Waals surface area contributed by atoms with Gasteiger partial charge in [0.15, 0.2) is 5.65 Å². The normalized spacial score (nSPS) is 11.0. The van der Waals surface area contributed by atoms with E-state index in [0.29, 0.717) is 21.4 Å². The third-order valence-corrected chi connectivity index (χ3v) is 4.72. The van der Waals surface area contributed by atoms with Gasteiger partial charge in [-0.25, -0.2) is 14.3 Å². The number of aromatic nitrogens is 4. The Bertz CT molecular complexity index is 1280. The summed E-state index contributed by atoms with van der Waals surface area (Å²) in [4.78, 5) is 29.4. The van der Waals surface area contributed by atoms with Gasteiger partial charge in [0.2, 0.25) is 0 Å². The van der Waals surface area contributed by atoms with Crippen LogP contribution in [0.25, 0.3) is 16.7 Å². The Morgan fingerprint density at radius 2 is 1.82 bits per heavy atom. The number of amides is 1. The van der Waals surface area contributed by atoms with Crippen molar-refractivity contribution in [3.05, 3.63) is 86.0 Å². The van der Waals surface area contributed by atoms with Crippen LogP contribution >= 0.6 is 34.8 Å². The topological polar surface area (TPSA) is 81.8 Å². The standard InChI is InChI=1S/C18H10Cl3N5O2/c19-10-2-1-3-12(6-10)26-16-14(8-23-26)18(28)25(9-22-16)24-17(27)13-5-4-11(20)7-15(13)21/h1-9H,(H,24,27). The monoisotopic (exact) mass is 433 g/mol. The van der Waals surface area contributed by atoms with Gasteiger partial charge in [-0.15, -0.1) is 0 Å². The number of hydrogen-bond donors (Lipinski definition) is 1. The molecular formula is C18H10Cl3N5O2. The first-order valence-electron chi connectivity index (χ1n) is 7.92. The Kier molecular flexibility index (Phi) is 4.80. The number of benzene rings is 2. The van der Waals surface area contributed by atoms with Gasteiger partial charge >= 0.3 is 0 Å². The number of hydrogen-bond acceptors (Lipinski definition) is 4. The summed E-state index contributed by atoms with van der Waals surface area (Å²) >= 11 is 17.9. The van der Waals surface area contributed by atoms with Gasteiger partial charge in [-0.1, -0.05) is 40.9 Å². The SMILES string of the molecule is O=C(Nn1cnc2c(cnn2-c2cccc(Cl)c2)c1=O)c1ccc(Cl)cc1Cl. The molecule has 7 nitrogen and oxygen atoms in total. The van der Waals surface area contributed by atoms with Crippen molar-refractivity contribution in [3.63, 3.8) is 0 Å². The molecule has 0 bridgehead atoms. The molecule has 1 N–H and O–H groups in total. The number of halogens is 3. The molecule has 4 rings (SSSR count). The molecule has 0 radical (unpaired) electrons. The van der Waals surface area contributed by atoms with Gasteiger partial charge in [0.05, 0.1) is 22.5 Å². The van der Waals surface area contributed by atoms with Gasteiger partial charge in [0.25, 0.3) is 11.5 Å². The van der Waals surface area contributed by atoms with Crippen molar-refractivity contribution >= 4 is 51.7 Å². The van der Waals surface area contributed by atoms with Crippen LogP contribution in [0.4, 0.5) is 0 Å². The summed E-state index contributed by atoms with van der Waals surface area (Å²) in [5.41, 5.74) is 3.13. The highest BCUT2D eigenvalue weighted by molar-refractivity contribution is 6.37. The summed E-state index contributed by atoms with van der Waals surface area (Å²) in [6.07, 6.45) is 2.58. The number of fused-ring (bicyclic) bond motifs is 1. The average molecular weight is 435 g/mol. The second-order valence-corrected chi connectivity index (χ2v) is 7.04. The first-order valence-corrected chi connectivity index (χ1v) is 9.05. The zero-order chi connectivity index (χ0) is 19.8. The maximum absolute atomic E-state index is 12.7. The van der Waals surface area contributed by atoms with E-state index >= 15 is 0 Å². The summed E-state index contributed by atoms with van der Waals surface area (Å²) in [6, 6.07) is 11.4. The van der Waals surface area contributed by atoms with Crippen LogP contribution in [-0.4, -0.2) is 25.3 Å². The Labute approximate surface area is 173 Å². The van der Waals surface area contributed by atoms with E-state index < -0.39 is 11.5 Å². The first-order chi connectivity index (χ1) is 13.4. The van der Waals surface area contributed by atoms with Crippen LogP contribution in [0.15, 0.2) is 59.8 Å². The van der Waals surface area contributed by atoms with Crippen LogP contribution in [0, 0.1) is 0 Å². The molecule has 0 atom stereocenters. The van der Waals surface area contributed by atoms with E-state index in [1.807, 2.05) is 0 Å². The summed E-state index contributed by atoms with van der Waals surface area (Å²) < 4.78 is 2.46. The van der Waals surface area contributed by atoms with E-state index in [2.05, 4.69) is 15.5 Å². The summed E-state index contributed by atoms with van der Waals surface area (Å²) in [7, 11) is 0. The lowest BCUT2D eigenvalue weighted by Gasteiger charge is -2.09. The van der Waals surface area contributed by atoms with E-state index in [0.717, 1.165) is 4.68 Å². The van der Waals surface area contributed by atoms with Crippen LogP contribution in [0.1, 0.15) is 10.4 Å². The van der Waals surface area contributed by atoms with Gasteiger partial charge in [0.1, 0.15) is 11.7 Å². The van der Waals surface area contributed by atoms with Crippen molar-refractivity contribution < 1.29 is 4.79 Å². The van der Waals surface area contributed by atoms with Gasteiger partial charge in [-0.2, -0.15) is 5.10 Å². The van der Waals surface area contributed by atoms with Gasteiger partial charge in [0, 0.05) is 10.0 Å². The molecule has 2 aromatic heterocycles. The highest BCUT2D eigenvalue weighted by Crippen LogP contribution is 2.21. The van der Waals surface area contributed by atoms with E-state index in [1.165, 1.54) is 35.4 Å². The fraction of sp³-hybridized carbons (Fsp3) is 0. The number of rotatable bonds is 3. The highest BCUT2D eigenvalue weighted by atomic mass is 35.5. The minimum absolute atomic E-state index is 0.167. The molecule has 0 aliphatic carbocycles. The summed E-state index contributed by atoms with van der Waals surface area (Å²) in [5.74, 6) is -0.577. The molecule has 4 aromatic rings. The van der Waals surface area contributed by atoms with Gasteiger partial charge in [-0.05, 0) is 36.4 Å². The third kappa shape index (κ3) is 3.35. The Morgan fingerprint density at radius 1 is 1.04 bits per heavy atom. The largest absolute Gasteiger partial charge is 0.283 e. The second kappa shape index (κ2) is 7.27. The predicted molar refractivity (Wildman–Crippen MR) is 108 cm³/mol. The van der Waals surface area contributed by atoms with E-state index in [1.54, 1.807) is 24.3 Å². The molecule has 0 saturated carbocycles. The number of nitrogens with zero attached hydrogens (tertiary/aromatic N) is 4. The number of carbonyl (C=O) groups excluding carboxylic acids is 1. The lowest BCUT2D eigenvalue weighted by molar-refractivity contribution is 0.101. The smallest absolute Gasteiger partial charge is 0.267 e. The Morgan fingerprint density at radius 3 is 2.57 bits per heavy atom. The fourth-order valence-electron chi connectivity index (χ4n) is 2.63. The third-order valence-electron chi connectivity index (χ3n) is 3.94. The van der Waals surface area contributed by atoms with E-state index in [4.69, 9.17) is 34.8 Å². The molecule has 1 amide bonds. The van der Waals surface area contributed by atoms with Crippen molar-refractivity contribution in [2.75, 3.05) is 5.43 Å². The van der Waals surface area contributed by atoms with Crippen LogP contribution in [-0.2, 0) is 0 Å². The van der Waals surface area contributed by atoms with Crippen LogP contribution in [0.2, 0.25) is 15.1 Å². The van der Waals surface area contributed by atoms with Crippen molar-refractivity contribution in [1.29, 1.82) is 0 Å². The fourth-order valence-corrected chi connectivity index (χ4v) is 3.31. The molecular weight excluding hydrogens is 425 g/mol. The molecule has 0 saturated heterocycles.